The SMILES string of the molecule is CC1(C)C2CCC1(C)C(NC(=O)CCC1CCNC1)C2. The molecule has 0 radical (unpaired) electrons. The fourth-order valence-corrected chi connectivity index (χ4v) is 4.98. The highest BCUT2D eigenvalue weighted by atomic mass is 16.1. The first-order valence-corrected chi connectivity index (χ1v) is 8.43. The minimum atomic E-state index is 0.284. The molecule has 0 aromatic carbocycles. The second-order valence-electron chi connectivity index (χ2n) is 8.13. The maximum absolute atomic E-state index is 12.3. The minimum absolute atomic E-state index is 0.284. The van der Waals surface area contributed by atoms with Crippen molar-refractivity contribution in [3.05, 3.63) is 0 Å². The van der Waals surface area contributed by atoms with Crippen LogP contribution in [0.15, 0.2) is 0 Å². The third-order valence-electron chi connectivity index (χ3n) is 7.07. The van der Waals surface area contributed by atoms with E-state index in [1.165, 1.54) is 25.7 Å². The lowest BCUT2D eigenvalue weighted by molar-refractivity contribution is -0.123. The van der Waals surface area contributed by atoms with Gasteiger partial charge in [-0.05, 0) is 67.9 Å². The summed E-state index contributed by atoms with van der Waals surface area (Å²) in [6, 6.07) is 0.408. The van der Waals surface area contributed by atoms with Crippen LogP contribution in [0, 0.1) is 22.7 Å². The van der Waals surface area contributed by atoms with Gasteiger partial charge >= 0.3 is 0 Å². The molecular formula is C17H30N2O. The quantitative estimate of drug-likeness (QED) is 0.830. The van der Waals surface area contributed by atoms with E-state index in [0.717, 1.165) is 25.4 Å². The van der Waals surface area contributed by atoms with Crippen LogP contribution in [0.4, 0.5) is 0 Å². The van der Waals surface area contributed by atoms with Crippen LogP contribution in [-0.4, -0.2) is 25.0 Å². The second kappa shape index (κ2) is 5.01. The van der Waals surface area contributed by atoms with Crippen molar-refractivity contribution in [1.82, 2.24) is 10.6 Å². The summed E-state index contributed by atoms with van der Waals surface area (Å²) in [5, 5.41) is 6.75. The molecule has 3 rings (SSSR count). The Hall–Kier alpha value is -0.570. The molecule has 0 spiro atoms. The van der Waals surface area contributed by atoms with Crippen molar-refractivity contribution in [2.75, 3.05) is 13.1 Å². The molecule has 2 aliphatic carbocycles. The number of carbonyl (C=O) groups excluding carboxylic acids is 1. The van der Waals surface area contributed by atoms with Crippen LogP contribution in [0.1, 0.15) is 59.3 Å². The van der Waals surface area contributed by atoms with Crippen LogP contribution in [0.3, 0.4) is 0 Å². The van der Waals surface area contributed by atoms with Crippen molar-refractivity contribution >= 4 is 5.91 Å². The van der Waals surface area contributed by atoms with Gasteiger partial charge in [0.25, 0.3) is 0 Å². The van der Waals surface area contributed by atoms with E-state index < -0.39 is 0 Å². The van der Waals surface area contributed by atoms with E-state index in [1.54, 1.807) is 0 Å². The largest absolute Gasteiger partial charge is 0.353 e. The van der Waals surface area contributed by atoms with Gasteiger partial charge in [0, 0.05) is 12.5 Å². The van der Waals surface area contributed by atoms with Gasteiger partial charge in [-0.3, -0.25) is 4.79 Å². The summed E-state index contributed by atoms with van der Waals surface area (Å²) in [6.07, 6.45) is 6.83. The number of amides is 1. The molecule has 1 heterocycles. The van der Waals surface area contributed by atoms with Gasteiger partial charge in [-0.2, -0.15) is 0 Å². The van der Waals surface area contributed by atoms with Crippen LogP contribution in [0.5, 0.6) is 0 Å². The molecule has 3 heteroatoms. The molecule has 1 amide bonds. The monoisotopic (exact) mass is 278 g/mol. The summed E-state index contributed by atoms with van der Waals surface area (Å²) in [5.41, 5.74) is 0.697. The first-order valence-electron chi connectivity index (χ1n) is 8.43. The second-order valence-corrected chi connectivity index (χ2v) is 8.13. The summed E-state index contributed by atoms with van der Waals surface area (Å²) in [5.74, 6) is 1.80. The zero-order valence-electron chi connectivity index (χ0n) is 13.3. The first kappa shape index (κ1) is 14.4. The molecule has 3 nitrogen and oxygen atoms in total. The van der Waals surface area contributed by atoms with Crippen molar-refractivity contribution in [3.8, 4) is 0 Å². The molecule has 4 atom stereocenters. The molecule has 114 valence electrons. The lowest BCUT2D eigenvalue weighted by Crippen LogP contribution is -2.46. The van der Waals surface area contributed by atoms with Gasteiger partial charge in [-0.1, -0.05) is 20.8 Å². The average molecular weight is 278 g/mol. The molecule has 3 fully saturated rings. The van der Waals surface area contributed by atoms with E-state index in [2.05, 4.69) is 31.4 Å². The lowest BCUT2D eigenvalue weighted by Gasteiger charge is -2.39. The Bertz CT molecular complexity index is 386. The van der Waals surface area contributed by atoms with E-state index in [1.807, 2.05) is 0 Å². The van der Waals surface area contributed by atoms with Gasteiger partial charge in [0.2, 0.25) is 5.91 Å². The third kappa shape index (κ3) is 2.18. The minimum Gasteiger partial charge on any atom is -0.353 e. The van der Waals surface area contributed by atoms with E-state index in [0.29, 0.717) is 29.2 Å². The molecule has 2 bridgehead atoms. The molecular weight excluding hydrogens is 248 g/mol. The number of carbonyl (C=O) groups is 1. The van der Waals surface area contributed by atoms with Gasteiger partial charge in [0.05, 0.1) is 0 Å². The van der Waals surface area contributed by atoms with Crippen molar-refractivity contribution in [2.45, 2.75) is 65.3 Å². The lowest BCUT2D eigenvalue weighted by atomic mass is 9.69. The number of hydrogen-bond acceptors (Lipinski definition) is 2. The van der Waals surface area contributed by atoms with E-state index in [9.17, 15) is 4.79 Å². The van der Waals surface area contributed by atoms with E-state index in [4.69, 9.17) is 0 Å². The highest BCUT2D eigenvalue weighted by Gasteiger charge is 2.61. The smallest absolute Gasteiger partial charge is 0.220 e. The van der Waals surface area contributed by atoms with E-state index in [-0.39, 0.29) is 5.91 Å². The van der Waals surface area contributed by atoms with Gasteiger partial charge < -0.3 is 10.6 Å². The highest BCUT2D eigenvalue weighted by Crippen LogP contribution is 2.65. The summed E-state index contributed by atoms with van der Waals surface area (Å²) in [6.45, 7) is 9.43. The maximum Gasteiger partial charge on any atom is 0.220 e. The Kier molecular flexibility index (Phi) is 3.60. The fraction of sp³-hybridized carbons (Fsp3) is 0.941. The van der Waals surface area contributed by atoms with Gasteiger partial charge in [-0.25, -0.2) is 0 Å². The Morgan fingerprint density at radius 3 is 2.65 bits per heavy atom. The summed E-state index contributed by atoms with van der Waals surface area (Å²) >= 11 is 0. The molecule has 20 heavy (non-hydrogen) atoms. The Labute approximate surface area is 123 Å². The normalized spacial score (nSPS) is 42.0. The molecule has 3 aliphatic rings. The summed E-state index contributed by atoms with van der Waals surface area (Å²) in [7, 11) is 0. The van der Waals surface area contributed by atoms with Crippen LogP contribution in [0.2, 0.25) is 0 Å². The van der Waals surface area contributed by atoms with Crippen LogP contribution in [0.25, 0.3) is 0 Å². The zero-order chi connectivity index (χ0) is 14.4. The number of fused-ring (bicyclic) bond motifs is 2. The standard InChI is InChI=1S/C17H30N2O/c1-16(2)13-6-8-17(16,3)14(10-13)19-15(20)5-4-12-7-9-18-11-12/h12-14,18H,4-11H2,1-3H3,(H,19,20). The molecule has 2 saturated carbocycles. The Morgan fingerprint density at radius 1 is 1.30 bits per heavy atom. The molecule has 1 aliphatic heterocycles. The predicted molar refractivity (Wildman–Crippen MR) is 81.4 cm³/mol. The topological polar surface area (TPSA) is 41.1 Å². The Morgan fingerprint density at radius 2 is 2.10 bits per heavy atom. The maximum atomic E-state index is 12.3. The van der Waals surface area contributed by atoms with E-state index >= 15 is 0 Å². The molecule has 1 saturated heterocycles. The van der Waals surface area contributed by atoms with Crippen molar-refractivity contribution in [1.29, 1.82) is 0 Å². The van der Waals surface area contributed by atoms with Gasteiger partial charge in [-0.15, -0.1) is 0 Å². The molecule has 4 unspecified atom stereocenters. The van der Waals surface area contributed by atoms with Crippen molar-refractivity contribution in [2.24, 2.45) is 22.7 Å². The first-order chi connectivity index (χ1) is 9.43. The zero-order valence-corrected chi connectivity index (χ0v) is 13.3. The van der Waals surface area contributed by atoms with Crippen LogP contribution < -0.4 is 10.6 Å². The summed E-state index contributed by atoms with van der Waals surface area (Å²) in [4.78, 5) is 12.3. The van der Waals surface area contributed by atoms with Gasteiger partial charge in [0.15, 0.2) is 0 Å². The fourth-order valence-electron chi connectivity index (χ4n) is 4.98. The molecule has 0 aromatic rings. The highest BCUT2D eigenvalue weighted by molar-refractivity contribution is 5.76. The van der Waals surface area contributed by atoms with Crippen molar-refractivity contribution < 1.29 is 4.79 Å². The Balaban J connectivity index is 1.52. The number of rotatable bonds is 4. The molecule has 2 N–H and O–H groups in total. The average Bonchev–Trinajstić information content (AvgIpc) is 3.02. The predicted octanol–water partition coefficient (Wildman–Crippen LogP) is 2.71. The van der Waals surface area contributed by atoms with Gasteiger partial charge in [0.1, 0.15) is 0 Å². The number of nitrogens with one attached hydrogen (secondary N) is 2. The van der Waals surface area contributed by atoms with Crippen LogP contribution in [-0.2, 0) is 4.79 Å². The third-order valence-corrected chi connectivity index (χ3v) is 7.07. The van der Waals surface area contributed by atoms with Crippen molar-refractivity contribution in [3.63, 3.8) is 0 Å². The summed E-state index contributed by atoms with van der Waals surface area (Å²) < 4.78 is 0. The molecule has 0 aromatic heterocycles. The number of hydrogen-bond donors (Lipinski definition) is 2. The van der Waals surface area contributed by atoms with Crippen LogP contribution >= 0.6 is 0 Å².